The molecule has 0 N–H and O–H groups in total. The lowest BCUT2D eigenvalue weighted by Crippen LogP contribution is -2.42. The summed E-state index contributed by atoms with van der Waals surface area (Å²) in [5.41, 5.74) is 3.43. The molecule has 1 atom stereocenters. The first-order valence-electron chi connectivity index (χ1n) is 15.5. The second-order valence-electron chi connectivity index (χ2n) is 12.4. The minimum atomic E-state index is -0.564. The number of hydrogen-bond acceptors (Lipinski definition) is 5. The fourth-order valence-corrected chi connectivity index (χ4v) is 6.37. The van der Waals surface area contributed by atoms with E-state index in [1.165, 1.54) is 34.1 Å². The zero-order valence-electron chi connectivity index (χ0n) is 26.1. The number of carbonyl (C=O) groups is 3. The maximum Gasteiger partial charge on any atom is 0.332 e. The van der Waals surface area contributed by atoms with Gasteiger partial charge < -0.3 is 14.2 Å². The van der Waals surface area contributed by atoms with Gasteiger partial charge in [0.05, 0.1) is 17.1 Å². The number of hydrogen-bond donors (Lipinski definition) is 0. The number of piperidine rings is 1. The van der Waals surface area contributed by atoms with Gasteiger partial charge in [0.1, 0.15) is 29.7 Å². The van der Waals surface area contributed by atoms with Crippen molar-refractivity contribution in [3.63, 3.8) is 0 Å². The fraction of sp³-hybridized carbons (Fsp3) is 0.371. The number of aromatic nitrogens is 2. The van der Waals surface area contributed by atoms with Crippen molar-refractivity contribution in [1.29, 1.82) is 0 Å². The van der Waals surface area contributed by atoms with Crippen LogP contribution in [0.4, 0.5) is 14.9 Å². The van der Waals surface area contributed by atoms with Gasteiger partial charge in [-0.3, -0.25) is 19.4 Å². The van der Waals surface area contributed by atoms with Crippen LogP contribution < -0.4 is 9.64 Å². The molecule has 234 valence electrons. The predicted octanol–water partition coefficient (Wildman–Crippen LogP) is 6.61. The summed E-state index contributed by atoms with van der Waals surface area (Å²) in [6, 6.07) is 17.7. The maximum absolute atomic E-state index is 14.1. The van der Waals surface area contributed by atoms with Crippen molar-refractivity contribution in [2.75, 3.05) is 24.5 Å². The number of ether oxygens (including phenoxy) is 1. The number of halogens is 1. The number of imidazole rings is 1. The molecule has 0 radical (unpaired) electrons. The molecule has 9 nitrogen and oxygen atoms in total. The SMILES string of the molecule is Cc1ccc2nc([C@H](CC3CCN(C(=O)C(C)C)CC3)N3C(=O)CN(c4ccc(Oc5ccc(F)cc5)cc4)C3=O)n(C)c2c1. The first-order valence-corrected chi connectivity index (χ1v) is 15.5. The molecule has 2 fully saturated rings. The zero-order valence-corrected chi connectivity index (χ0v) is 26.1. The Morgan fingerprint density at radius 2 is 1.62 bits per heavy atom. The van der Waals surface area contributed by atoms with Crippen LogP contribution in [-0.4, -0.2) is 56.8 Å². The normalized spacial score (nSPS) is 16.7. The van der Waals surface area contributed by atoms with E-state index in [2.05, 4.69) is 6.07 Å². The molecular formula is C35H38FN5O4. The highest BCUT2D eigenvalue weighted by molar-refractivity contribution is 6.12. The Morgan fingerprint density at radius 1 is 0.978 bits per heavy atom. The van der Waals surface area contributed by atoms with Crippen molar-refractivity contribution in [2.24, 2.45) is 18.9 Å². The van der Waals surface area contributed by atoms with Gasteiger partial charge in [-0.1, -0.05) is 19.9 Å². The van der Waals surface area contributed by atoms with E-state index in [0.29, 0.717) is 42.5 Å². The molecule has 0 aliphatic carbocycles. The number of likely N-dealkylation sites (tertiary alicyclic amines) is 1. The largest absolute Gasteiger partial charge is 0.457 e. The molecule has 3 aromatic carbocycles. The summed E-state index contributed by atoms with van der Waals surface area (Å²) in [5, 5.41) is 0. The molecule has 45 heavy (non-hydrogen) atoms. The number of rotatable bonds is 8. The third-order valence-electron chi connectivity index (χ3n) is 8.85. The summed E-state index contributed by atoms with van der Waals surface area (Å²) < 4.78 is 21.1. The predicted molar refractivity (Wildman–Crippen MR) is 169 cm³/mol. The number of aryl methyl sites for hydroxylation is 2. The van der Waals surface area contributed by atoms with Gasteiger partial charge in [-0.05, 0) is 98.3 Å². The third kappa shape index (κ3) is 6.14. The lowest BCUT2D eigenvalue weighted by molar-refractivity contribution is -0.135. The fourth-order valence-electron chi connectivity index (χ4n) is 6.37. The van der Waals surface area contributed by atoms with Crippen molar-refractivity contribution in [3.05, 3.63) is 83.9 Å². The van der Waals surface area contributed by atoms with Crippen molar-refractivity contribution < 1.29 is 23.5 Å². The number of carbonyl (C=O) groups excluding carboxylic acids is 3. The van der Waals surface area contributed by atoms with E-state index in [4.69, 9.17) is 9.72 Å². The van der Waals surface area contributed by atoms with Crippen LogP contribution in [0, 0.1) is 24.6 Å². The van der Waals surface area contributed by atoms with E-state index in [0.717, 1.165) is 29.4 Å². The summed E-state index contributed by atoms with van der Waals surface area (Å²) in [5.74, 6) is 1.37. The van der Waals surface area contributed by atoms with Crippen LogP contribution in [0.1, 0.15) is 50.5 Å². The lowest BCUT2D eigenvalue weighted by Gasteiger charge is -2.36. The first-order chi connectivity index (χ1) is 21.6. The molecular weight excluding hydrogens is 573 g/mol. The molecule has 0 bridgehead atoms. The maximum atomic E-state index is 14.1. The second-order valence-corrected chi connectivity index (χ2v) is 12.4. The molecule has 4 amide bonds. The number of imide groups is 1. The molecule has 2 aliphatic rings. The molecule has 3 heterocycles. The standard InChI is InChI=1S/C35H38FN5O4/c1-22(2)34(43)39-17-15-24(16-18-39)20-31(33-37-29-14-5-23(3)19-30(29)38(33)4)41-32(42)21-40(35(41)44)26-8-12-28(13-9-26)45-27-10-6-25(36)7-11-27/h5-14,19,22,24,31H,15-18,20-21H2,1-4H3/t31-/m0/s1. The Kier molecular flexibility index (Phi) is 8.31. The summed E-state index contributed by atoms with van der Waals surface area (Å²) in [7, 11) is 1.93. The number of urea groups is 1. The Hall–Kier alpha value is -4.73. The highest BCUT2D eigenvalue weighted by Crippen LogP contribution is 2.37. The highest BCUT2D eigenvalue weighted by atomic mass is 19.1. The summed E-state index contributed by atoms with van der Waals surface area (Å²) >= 11 is 0. The van der Waals surface area contributed by atoms with E-state index in [-0.39, 0.29) is 36.0 Å². The number of amides is 4. The monoisotopic (exact) mass is 611 g/mol. The Morgan fingerprint density at radius 3 is 2.27 bits per heavy atom. The van der Waals surface area contributed by atoms with Gasteiger partial charge in [0.15, 0.2) is 0 Å². The molecule has 6 rings (SSSR count). The molecule has 4 aromatic rings. The highest BCUT2D eigenvalue weighted by Gasteiger charge is 2.44. The molecule has 0 unspecified atom stereocenters. The summed E-state index contributed by atoms with van der Waals surface area (Å²) in [6.45, 7) is 7.10. The molecule has 0 saturated carbocycles. The van der Waals surface area contributed by atoms with Gasteiger partial charge >= 0.3 is 6.03 Å². The Labute approximate surface area is 262 Å². The second kappa shape index (κ2) is 12.3. The minimum absolute atomic E-state index is 0.0490. The van der Waals surface area contributed by atoms with Gasteiger partial charge in [0.2, 0.25) is 5.91 Å². The van der Waals surface area contributed by atoms with Crippen molar-refractivity contribution in [2.45, 2.75) is 46.1 Å². The average molecular weight is 612 g/mol. The minimum Gasteiger partial charge on any atom is -0.457 e. The van der Waals surface area contributed by atoms with E-state index in [9.17, 15) is 18.8 Å². The van der Waals surface area contributed by atoms with Crippen molar-refractivity contribution in [1.82, 2.24) is 19.4 Å². The van der Waals surface area contributed by atoms with Crippen LogP contribution in [0.15, 0.2) is 66.7 Å². The zero-order chi connectivity index (χ0) is 31.8. The quantitative estimate of drug-likeness (QED) is 0.209. The van der Waals surface area contributed by atoms with Crippen molar-refractivity contribution in [3.8, 4) is 11.5 Å². The topological polar surface area (TPSA) is 88.0 Å². The van der Waals surface area contributed by atoms with Gasteiger partial charge in [-0.25, -0.2) is 14.2 Å². The van der Waals surface area contributed by atoms with Gasteiger partial charge in [-0.2, -0.15) is 0 Å². The van der Waals surface area contributed by atoms with Crippen LogP contribution in [0.3, 0.4) is 0 Å². The van der Waals surface area contributed by atoms with Gasteiger partial charge in [0, 0.05) is 31.7 Å². The third-order valence-corrected chi connectivity index (χ3v) is 8.85. The van der Waals surface area contributed by atoms with E-state index >= 15 is 0 Å². The van der Waals surface area contributed by atoms with Crippen LogP contribution in [0.5, 0.6) is 11.5 Å². The Balaban J connectivity index is 1.26. The van der Waals surface area contributed by atoms with Gasteiger partial charge in [-0.15, -0.1) is 0 Å². The molecule has 2 saturated heterocycles. The molecule has 10 heteroatoms. The van der Waals surface area contributed by atoms with Crippen LogP contribution >= 0.6 is 0 Å². The van der Waals surface area contributed by atoms with Crippen LogP contribution in [0.25, 0.3) is 11.0 Å². The smallest absolute Gasteiger partial charge is 0.332 e. The summed E-state index contributed by atoms with van der Waals surface area (Å²) in [6.07, 6.45) is 2.16. The number of nitrogens with zero attached hydrogens (tertiary/aromatic N) is 5. The van der Waals surface area contributed by atoms with Crippen LogP contribution in [-0.2, 0) is 16.6 Å². The Bertz CT molecular complexity index is 1730. The first kappa shape index (κ1) is 30.3. The van der Waals surface area contributed by atoms with E-state index in [1.807, 2.05) is 49.4 Å². The molecule has 1 aromatic heterocycles. The molecule has 0 spiro atoms. The van der Waals surface area contributed by atoms with Crippen molar-refractivity contribution >= 4 is 34.6 Å². The van der Waals surface area contributed by atoms with E-state index < -0.39 is 12.1 Å². The van der Waals surface area contributed by atoms with Crippen LogP contribution in [0.2, 0.25) is 0 Å². The number of anilines is 1. The summed E-state index contributed by atoms with van der Waals surface area (Å²) in [4.78, 5) is 50.1. The van der Waals surface area contributed by atoms with E-state index in [1.54, 1.807) is 24.3 Å². The lowest BCUT2D eigenvalue weighted by atomic mass is 9.89. The molecule has 2 aliphatic heterocycles. The average Bonchev–Trinajstić information content (AvgIpc) is 3.51. The van der Waals surface area contributed by atoms with Gasteiger partial charge in [0.25, 0.3) is 5.91 Å². The number of benzene rings is 3. The number of fused-ring (bicyclic) bond motifs is 1.